The fraction of sp³-hybridized carbons (Fsp3) is 0.467. The van der Waals surface area contributed by atoms with E-state index in [-0.39, 0.29) is 5.56 Å². The minimum Gasteiger partial charge on any atom is -0.310 e. The molecule has 1 heterocycles. The van der Waals surface area contributed by atoms with Crippen molar-refractivity contribution in [2.24, 2.45) is 5.92 Å². The molecule has 0 spiro atoms. The minimum atomic E-state index is -0.109. The molecule has 1 aromatic carbocycles. The van der Waals surface area contributed by atoms with Gasteiger partial charge in [-0.25, -0.2) is 4.98 Å². The van der Waals surface area contributed by atoms with Gasteiger partial charge < -0.3 is 10.3 Å². The Morgan fingerprint density at radius 1 is 1.40 bits per heavy atom. The number of aromatic nitrogens is 2. The lowest BCUT2D eigenvalue weighted by Crippen LogP contribution is -2.23. The Morgan fingerprint density at radius 3 is 3.00 bits per heavy atom. The van der Waals surface area contributed by atoms with Crippen LogP contribution >= 0.6 is 11.6 Å². The molecule has 0 bridgehead atoms. The monoisotopic (exact) mass is 291 g/mol. The van der Waals surface area contributed by atoms with Crippen molar-refractivity contribution >= 4 is 22.5 Å². The molecule has 5 heteroatoms. The van der Waals surface area contributed by atoms with Gasteiger partial charge in [-0.3, -0.25) is 4.79 Å². The van der Waals surface area contributed by atoms with Crippen molar-refractivity contribution in [1.82, 2.24) is 15.3 Å². The second kappa shape index (κ2) is 5.94. The number of fused-ring (bicyclic) bond motifs is 1. The van der Waals surface area contributed by atoms with Crippen molar-refractivity contribution in [3.8, 4) is 0 Å². The predicted molar refractivity (Wildman–Crippen MR) is 81.0 cm³/mol. The third-order valence-corrected chi connectivity index (χ3v) is 4.20. The molecule has 4 nitrogen and oxygen atoms in total. The van der Waals surface area contributed by atoms with E-state index in [0.29, 0.717) is 28.3 Å². The van der Waals surface area contributed by atoms with Gasteiger partial charge in [-0.05, 0) is 37.1 Å². The van der Waals surface area contributed by atoms with Crippen molar-refractivity contribution in [2.75, 3.05) is 6.54 Å². The van der Waals surface area contributed by atoms with Crippen LogP contribution in [0.15, 0.2) is 23.0 Å². The number of nitrogens with zero attached hydrogens (tertiary/aromatic N) is 1. The average Bonchev–Trinajstić information content (AvgIpc) is 2.35. The first kappa shape index (κ1) is 13.6. The van der Waals surface area contributed by atoms with Crippen LogP contribution in [0.5, 0.6) is 0 Å². The maximum absolute atomic E-state index is 11.9. The van der Waals surface area contributed by atoms with Gasteiger partial charge in [0.1, 0.15) is 5.82 Å². The SMILES string of the molecule is O=c1[nH]c(CNCCC2CCC2)nc2cc(Cl)ccc12. The van der Waals surface area contributed by atoms with Gasteiger partial charge in [0.15, 0.2) is 0 Å². The maximum atomic E-state index is 11.9. The summed E-state index contributed by atoms with van der Waals surface area (Å²) in [6.07, 6.45) is 5.32. The Kier molecular flexibility index (Phi) is 4.03. The minimum absolute atomic E-state index is 0.109. The molecule has 0 atom stereocenters. The van der Waals surface area contributed by atoms with Crippen molar-refractivity contribution in [3.05, 3.63) is 39.4 Å². The van der Waals surface area contributed by atoms with E-state index < -0.39 is 0 Å². The molecule has 3 rings (SSSR count). The highest BCUT2D eigenvalue weighted by Crippen LogP contribution is 2.28. The molecule has 0 unspecified atom stereocenters. The highest BCUT2D eigenvalue weighted by Gasteiger charge is 2.16. The molecule has 0 amide bonds. The van der Waals surface area contributed by atoms with Crippen LogP contribution in [0.4, 0.5) is 0 Å². The zero-order chi connectivity index (χ0) is 13.9. The fourth-order valence-corrected chi connectivity index (χ4v) is 2.71. The first-order valence-electron chi connectivity index (χ1n) is 7.11. The average molecular weight is 292 g/mol. The Hall–Kier alpha value is -1.39. The van der Waals surface area contributed by atoms with Crippen LogP contribution in [-0.4, -0.2) is 16.5 Å². The van der Waals surface area contributed by atoms with Crippen molar-refractivity contribution < 1.29 is 0 Å². The van der Waals surface area contributed by atoms with Crippen LogP contribution in [0.1, 0.15) is 31.5 Å². The summed E-state index contributed by atoms with van der Waals surface area (Å²) in [5.41, 5.74) is 0.541. The van der Waals surface area contributed by atoms with E-state index in [4.69, 9.17) is 11.6 Å². The summed E-state index contributed by atoms with van der Waals surface area (Å²) in [6, 6.07) is 5.14. The highest BCUT2D eigenvalue weighted by atomic mass is 35.5. The lowest BCUT2D eigenvalue weighted by Gasteiger charge is -2.25. The summed E-state index contributed by atoms with van der Waals surface area (Å²) in [4.78, 5) is 19.2. The molecule has 1 aromatic heterocycles. The van der Waals surface area contributed by atoms with Gasteiger partial charge in [0.05, 0.1) is 17.4 Å². The Labute approximate surface area is 122 Å². The van der Waals surface area contributed by atoms with E-state index in [1.54, 1.807) is 18.2 Å². The van der Waals surface area contributed by atoms with Gasteiger partial charge in [-0.1, -0.05) is 30.9 Å². The van der Waals surface area contributed by atoms with E-state index in [1.165, 1.54) is 25.7 Å². The van der Waals surface area contributed by atoms with E-state index >= 15 is 0 Å². The van der Waals surface area contributed by atoms with Crippen molar-refractivity contribution in [1.29, 1.82) is 0 Å². The van der Waals surface area contributed by atoms with Gasteiger partial charge in [0.25, 0.3) is 5.56 Å². The molecule has 0 radical (unpaired) electrons. The van der Waals surface area contributed by atoms with Crippen molar-refractivity contribution in [3.63, 3.8) is 0 Å². The molecule has 1 saturated carbocycles. The molecule has 106 valence electrons. The smallest absolute Gasteiger partial charge is 0.258 e. The molecule has 0 saturated heterocycles. The third kappa shape index (κ3) is 3.02. The van der Waals surface area contributed by atoms with E-state index in [2.05, 4.69) is 15.3 Å². The number of H-pyrrole nitrogens is 1. The summed E-state index contributed by atoms with van der Waals surface area (Å²) >= 11 is 5.94. The summed E-state index contributed by atoms with van der Waals surface area (Å²) in [5.74, 6) is 1.56. The van der Waals surface area contributed by atoms with Gasteiger partial charge in [0.2, 0.25) is 0 Å². The number of hydrogen-bond donors (Lipinski definition) is 2. The summed E-state index contributed by atoms with van der Waals surface area (Å²) in [6.45, 7) is 1.56. The normalized spacial score (nSPS) is 15.4. The molecule has 20 heavy (non-hydrogen) atoms. The first-order chi connectivity index (χ1) is 9.72. The van der Waals surface area contributed by atoms with Crippen molar-refractivity contribution in [2.45, 2.75) is 32.2 Å². The Bertz CT molecular complexity index is 664. The van der Waals surface area contributed by atoms with Crippen LogP contribution in [-0.2, 0) is 6.54 Å². The molecule has 1 aliphatic rings. The molecule has 2 aromatic rings. The fourth-order valence-electron chi connectivity index (χ4n) is 2.54. The van der Waals surface area contributed by atoms with Crippen LogP contribution in [0.3, 0.4) is 0 Å². The predicted octanol–water partition coefficient (Wildman–Crippen LogP) is 2.86. The number of benzene rings is 1. The zero-order valence-corrected chi connectivity index (χ0v) is 12.0. The van der Waals surface area contributed by atoms with Crippen LogP contribution in [0, 0.1) is 5.92 Å². The number of hydrogen-bond acceptors (Lipinski definition) is 3. The molecule has 2 N–H and O–H groups in total. The lowest BCUT2D eigenvalue weighted by molar-refractivity contribution is 0.291. The largest absolute Gasteiger partial charge is 0.310 e. The second-order valence-electron chi connectivity index (χ2n) is 5.44. The first-order valence-corrected chi connectivity index (χ1v) is 7.49. The van der Waals surface area contributed by atoms with Gasteiger partial charge in [0, 0.05) is 5.02 Å². The van der Waals surface area contributed by atoms with Crippen LogP contribution in [0.25, 0.3) is 10.9 Å². The number of halogens is 1. The molecule has 1 aliphatic carbocycles. The standard InChI is InChI=1S/C15H18ClN3O/c16-11-4-5-12-13(8-11)18-14(19-15(12)20)9-17-7-6-10-2-1-3-10/h4-5,8,10,17H,1-3,6-7,9H2,(H,18,19,20). The zero-order valence-electron chi connectivity index (χ0n) is 11.3. The molecule has 0 aliphatic heterocycles. The quantitative estimate of drug-likeness (QED) is 0.833. The lowest BCUT2D eigenvalue weighted by atomic mass is 9.83. The Morgan fingerprint density at radius 2 is 2.25 bits per heavy atom. The third-order valence-electron chi connectivity index (χ3n) is 3.96. The topological polar surface area (TPSA) is 57.8 Å². The maximum Gasteiger partial charge on any atom is 0.258 e. The molecular formula is C15H18ClN3O. The van der Waals surface area contributed by atoms with E-state index in [1.807, 2.05) is 0 Å². The number of aromatic amines is 1. The van der Waals surface area contributed by atoms with Gasteiger partial charge in [-0.2, -0.15) is 0 Å². The molecular weight excluding hydrogens is 274 g/mol. The van der Waals surface area contributed by atoms with Gasteiger partial charge >= 0.3 is 0 Å². The summed E-state index contributed by atoms with van der Waals surface area (Å²) < 4.78 is 0. The second-order valence-corrected chi connectivity index (χ2v) is 5.87. The summed E-state index contributed by atoms with van der Waals surface area (Å²) in [7, 11) is 0. The van der Waals surface area contributed by atoms with Crippen LogP contribution in [0.2, 0.25) is 5.02 Å². The molecule has 1 fully saturated rings. The van der Waals surface area contributed by atoms with Crippen LogP contribution < -0.4 is 10.9 Å². The Balaban J connectivity index is 1.66. The summed E-state index contributed by atoms with van der Waals surface area (Å²) in [5, 5.41) is 4.51. The number of nitrogens with one attached hydrogen (secondary N) is 2. The van der Waals surface area contributed by atoms with Gasteiger partial charge in [-0.15, -0.1) is 0 Å². The van der Waals surface area contributed by atoms with E-state index in [0.717, 1.165) is 12.5 Å². The van der Waals surface area contributed by atoms with E-state index in [9.17, 15) is 4.79 Å². The number of rotatable bonds is 5. The highest BCUT2D eigenvalue weighted by molar-refractivity contribution is 6.31.